The summed E-state index contributed by atoms with van der Waals surface area (Å²) in [6, 6.07) is 14.0. The van der Waals surface area contributed by atoms with Crippen LogP contribution in [0.15, 0.2) is 48.5 Å². The maximum absolute atomic E-state index is 11.7. The van der Waals surface area contributed by atoms with Crippen LogP contribution in [0.25, 0.3) is 6.08 Å². The van der Waals surface area contributed by atoms with E-state index < -0.39 is 5.97 Å². The molecule has 2 aromatic rings. The number of aryl methyl sites for hydroxylation is 1. The highest BCUT2D eigenvalue weighted by Crippen LogP contribution is 2.26. The van der Waals surface area contributed by atoms with E-state index in [1.807, 2.05) is 36.4 Å². The predicted octanol–water partition coefficient (Wildman–Crippen LogP) is 6.17. The summed E-state index contributed by atoms with van der Waals surface area (Å²) >= 11 is 0. The number of carbonyl (C=O) groups is 2. The summed E-state index contributed by atoms with van der Waals surface area (Å²) in [6.07, 6.45) is 12.0. The molecule has 2 aromatic carbocycles. The molecule has 6 nitrogen and oxygen atoms in total. The van der Waals surface area contributed by atoms with Gasteiger partial charge in [0, 0.05) is 26.9 Å². The van der Waals surface area contributed by atoms with E-state index in [1.165, 1.54) is 0 Å². The number of unbranched alkanes of at least 4 members (excludes halogenated alkanes) is 4. The van der Waals surface area contributed by atoms with Crippen molar-refractivity contribution in [3.05, 3.63) is 65.2 Å². The number of benzene rings is 2. The van der Waals surface area contributed by atoms with Crippen molar-refractivity contribution in [2.75, 3.05) is 27.8 Å². The molecule has 36 heavy (non-hydrogen) atoms. The van der Waals surface area contributed by atoms with Crippen LogP contribution in [0.3, 0.4) is 0 Å². The van der Waals surface area contributed by atoms with Gasteiger partial charge in [-0.25, -0.2) is 0 Å². The molecule has 0 atom stereocenters. The van der Waals surface area contributed by atoms with Crippen molar-refractivity contribution in [1.82, 2.24) is 4.90 Å². The Morgan fingerprint density at radius 1 is 0.917 bits per heavy atom. The number of allylic oxidation sites excluding steroid dienone is 1. The van der Waals surface area contributed by atoms with Gasteiger partial charge in [0.05, 0.1) is 13.7 Å². The first-order chi connectivity index (χ1) is 17.4. The Balaban J connectivity index is 1.81. The fraction of sp³-hybridized carbons (Fsp3) is 0.467. The third-order valence-electron chi connectivity index (χ3n) is 6.10. The van der Waals surface area contributed by atoms with Crippen LogP contribution in [-0.2, 0) is 22.4 Å². The molecule has 2 rings (SSSR count). The topological polar surface area (TPSA) is 76.1 Å². The Labute approximate surface area is 215 Å². The molecule has 0 aliphatic heterocycles. The fourth-order valence-electron chi connectivity index (χ4n) is 3.97. The Kier molecular flexibility index (Phi) is 13.2. The Morgan fingerprint density at radius 2 is 1.69 bits per heavy atom. The van der Waals surface area contributed by atoms with E-state index in [9.17, 15) is 14.7 Å². The van der Waals surface area contributed by atoms with Gasteiger partial charge < -0.3 is 19.5 Å². The molecule has 1 N–H and O–H groups in total. The smallest absolute Gasteiger partial charge is 0.303 e. The first-order valence-electron chi connectivity index (χ1n) is 12.9. The number of hydrogen-bond acceptors (Lipinski definition) is 4. The molecule has 0 radical (unpaired) electrons. The number of hydrogen-bond donors (Lipinski definition) is 1. The van der Waals surface area contributed by atoms with E-state index in [2.05, 4.69) is 18.2 Å². The van der Waals surface area contributed by atoms with E-state index >= 15 is 0 Å². The molecule has 0 saturated heterocycles. The minimum absolute atomic E-state index is 0.0842. The molecule has 0 aliphatic carbocycles. The minimum Gasteiger partial charge on any atom is -0.497 e. The van der Waals surface area contributed by atoms with E-state index in [-0.39, 0.29) is 12.3 Å². The number of methoxy groups -OCH3 is 1. The van der Waals surface area contributed by atoms with Gasteiger partial charge in [0.15, 0.2) is 0 Å². The maximum atomic E-state index is 11.7. The summed E-state index contributed by atoms with van der Waals surface area (Å²) < 4.78 is 11.3. The molecule has 1 amide bonds. The lowest BCUT2D eigenvalue weighted by atomic mass is 9.96. The van der Waals surface area contributed by atoms with Gasteiger partial charge in [0.1, 0.15) is 11.5 Å². The third kappa shape index (κ3) is 11.0. The van der Waals surface area contributed by atoms with Crippen molar-refractivity contribution in [3.63, 3.8) is 0 Å². The molecule has 0 bridgehead atoms. The number of amides is 1. The highest BCUT2D eigenvalue weighted by Gasteiger charge is 2.12. The number of carboxylic acids is 1. The van der Waals surface area contributed by atoms with E-state index in [4.69, 9.17) is 9.47 Å². The lowest BCUT2D eigenvalue weighted by molar-refractivity contribution is -0.137. The monoisotopic (exact) mass is 495 g/mol. The number of rotatable bonds is 17. The standard InChI is InChI=1S/C30H41NO5/c1-31(2)29(32)16-9-6-8-13-25-14-11-15-28(27(25)21-22-30(33)34)36-23-10-5-4-7-12-24-17-19-26(35-3)20-18-24/h7,11-12,14-15,17-20H,4-6,8-10,13,16,21-23H2,1-3H3,(H,33,34). The molecule has 0 unspecified atom stereocenters. The second-order valence-electron chi connectivity index (χ2n) is 9.16. The highest BCUT2D eigenvalue weighted by molar-refractivity contribution is 5.75. The average molecular weight is 496 g/mol. The van der Waals surface area contributed by atoms with Crippen molar-refractivity contribution in [2.24, 2.45) is 0 Å². The summed E-state index contributed by atoms with van der Waals surface area (Å²) in [5, 5.41) is 9.22. The van der Waals surface area contributed by atoms with Gasteiger partial charge >= 0.3 is 5.97 Å². The summed E-state index contributed by atoms with van der Waals surface area (Å²) in [5.41, 5.74) is 3.30. The minimum atomic E-state index is -0.804. The SMILES string of the molecule is COc1ccc(C=CCCCCOc2cccc(CCCCCC(=O)N(C)C)c2CCC(=O)O)cc1. The maximum Gasteiger partial charge on any atom is 0.303 e. The third-order valence-corrected chi connectivity index (χ3v) is 6.10. The van der Waals surface area contributed by atoms with Crippen LogP contribution < -0.4 is 9.47 Å². The van der Waals surface area contributed by atoms with Crippen LogP contribution in [0.1, 0.15) is 68.1 Å². The van der Waals surface area contributed by atoms with Crippen LogP contribution in [-0.4, -0.2) is 49.7 Å². The Hall–Kier alpha value is -3.28. The highest BCUT2D eigenvalue weighted by atomic mass is 16.5. The summed E-state index contributed by atoms with van der Waals surface area (Å²) in [4.78, 5) is 24.6. The molecule has 0 spiro atoms. The fourth-order valence-corrected chi connectivity index (χ4v) is 3.97. The molecule has 0 saturated carbocycles. The zero-order valence-electron chi connectivity index (χ0n) is 22.0. The van der Waals surface area contributed by atoms with Crippen molar-refractivity contribution in [2.45, 2.75) is 64.2 Å². The Morgan fingerprint density at radius 3 is 2.39 bits per heavy atom. The normalized spacial score (nSPS) is 11.0. The van der Waals surface area contributed by atoms with Gasteiger partial charge in [-0.05, 0) is 79.8 Å². The Bertz CT molecular complexity index is 966. The summed E-state index contributed by atoms with van der Waals surface area (Å²) in [6.45, 7) is 0.604. The zero-order chi connectivity index (χ0) is 26.2. The molecule has 0 aliphatic rings. The number of nitrogens with zero attached hydrogens (tertiary/aromatic N) is 1. The van der Waals surface area contributed by atoms with Crippen LogP contribution in [0.2, 0.25) is 0 Å². The van der Waals surface area contributed by atoms with Crippen LogP contribution in [0, 0.1) is 0 Å². The van der Waals surface area contributed by atoms with Gasteiger partial charge in [0.25, 0.3) is 0 Å². The molecule has 0 heterocycles. The lowest BCUT2D eigenvalue weighted by Gasteiger charge is -2.16. The van der Waals surface area contributed by atoms with Crippen LogP contribution >= 0.6 is 0 Å². The number of carbonyl (C=O) groups excluding carboxylic acids is 1. The van der Waals surface area contributed by atoms with Crippen LogP contribution in [0.5, 0.6) is 11.5 Å². The first kappa shape index (κ1) is 29.0. The number of carboxylic acid groups (broad SMARTS) is 1. The summed E-state index contributed by atoms with van der Waals surface area (Å²) in [5.74, 6) is 1.00. The van der Waals surface area contributed by atoms with Gasteiger partial charge in [0.2, 0.25) is 5.91 Å². The zero-order valence-corrected chi connectivity index (χ0v) is 22.0. The lowest BCUT2D eigenvalue weighted by Crippen LogP contribution is -2.21. The van der Waals surface area contributed by atoms with Gasteiger partial charge in [-0.1, -0.05) is 42.8 Å². The largest absolute Gasteiger partial charge is 0.497 e. The van der Waals surface area contributed by atoms with Crippen molar-refractivity contribution >= 4 is 18.0 Å². The van der Waals surface area contributed by atoms with Gasteiger partial charge in [-0.3, -0.25) is 9.59 Å². The van der Waals surface area contributed by atoms with E-state index in [0.29, 0.717) is 19.4 Å². The second-order valence-corrected chi connectivity index (χ2v) is 9.16. The second kappa shape index (κ2) is 16.4. The predicted molar refractivity (Wildman–Crippen MR) is 145 cm³/mol. The van der Waals surface area contributed by atoms with E-state index in [0.717, 1.165) is 73.1 Å². The van der Waals surface area contributed by atoms with E-state index in [1.54, 1.807) is 26.1 Å². The first-order valence-corrected chi connectivity index (χ1v) is 12.9. The molecule has 0 aromatic heterocycles. The summed E-state index contributed by atoms with van der Waals surface area (Å²) in [7, 11) is 5.22. The van der Waals surface area contributed by atoms with Gasteiger partial charge in [-0.2, -0.15) is 0 Å². The molecular weight excluding hydrogens is 454 g/mol. The number of aliphatic carboxylic acids is 1. The van der Waals surface area contributed by atoms with Crippen LogP contribution in [0.4, 0.5) is 0 Å². The average Bonchev–Trinajstić information content (AvgIpc) is 2.87. The molecular formula is C30H41NO5. The number of ether oxygens (including phenoxy) is 2. The van der Waals surface area contributed by atoms with Crippen molar-refractivity contribution < 1.29 is 24.2 Å². The quantitative estimate of drug-likeness (QED) is 0.266. The van der Waals surface area contributed by atoms with Crippen molar-refractivity contribution in [3.8, 4) is 11.5 Å². The molecule has 0 fully saturated rings. The molecule has 6 heteroatoms. The van der Waals surface area contributed by atoms with Crippen molar-refractivity contribution in [1.29, 1.82) is 0 Å². The molecule has 196 valence electrons. The van der Waals surface area contributed by atoms with Gasteiger partial charge in [-0.15, -0.1) is 0 Å².